The van der Waals surface area contributed by atoms with Crippen LogP contribution in [0.1, 0.15) is 58.2 Å². The third kappa shape index (κ3) is 8.88. The number of furan rings is 1. The molecule has 5 heteroatoms. The number of hydrogen-bond donors (Lipinski definition) is 2. The molecule has 0 fully saturated rings. The van der Waals surface area contributed by atoms with Gasteiger partial charge in [-0.15, -0.1) is 0 Å². The van der Waals surface area contributed by atoms with Crippen molar-refractivity contribution in [2.45, 2.75) is 52.4 Å². The quantitative estimate of drug-likeness (QED) is 0.107. The van der Waals surface area contributed by atoms with E-state index in [9.17, 15) is 9.90 Å². The Morgan fingerprint density at radius 3 is 1.23 bits per heavy atom. The maximum atomic E-state index is 11.4. The molecule has 302 valence electrons. The van der Waals surface area contributed by atoms with Crippen LogP contribution in [0.3, 0.4) is 0 Å². The molecule has 0 saturated heterocycles. The Bertz CT molecular complexity index is 2750. The Kier molecular flexibility index (Phi) is 10.9. The predicted molar refractivity (Wildman–Crippen MR) is 254 cm³/mol. The summed E-state index contributed by atoms with van der Waals surface area (Å²) in [7, 11) is 0. The molecule has 0 unspecified atom stereocenters. The van der Waals surface area contributed by atoms with Gasteiger partial charge in [0.15, 0.2) is 0 Å². The van der Waals surface area contributed by atoms with Crippen molar-refractivity contribution in [3.05, 3.63) is 192 Å². The van der Waals surface area contributed by atoms with E-state index in [1.54, 1.807) is 6.07 Å². The number of carboxylic acid groups (broad SMARTS) is 1. The number of nitrogens with zero attached hydrogens (tertiary/aromatic N) is 1. The van der Waals surface area contributed by atoms with Crippen LogP contribution in [-0.2, 0) is 15.6 Å². The molecule has 2 N–H and O–H groups in total. The molecule has 0 aliphatic rings. The predicted octanol–water partition coefficient (Wildman–Crippen LogP) is 15.3. The smallest absolute Gasteiger partial charge is 0.337 e. The van der Waals surface area contributed by atoms with Gasteiger partial charge in [-0.1, -0.05) is 163 Å². The van der Waals surface area contributed by atoms with Gasteiger partial charge in [0.25, 0.3) is 0 Å². The van der Waals surface area contributed by atoms with Gasteiger partial charge >= 0.3 is 5.97 Å². The van der Waals surface area contributed by atoms with E-state index in [0.717, 1.165) is 51.1 Å². The maximum Gasteiger partial charge on any atom is 0.337 e. The summed E-state index contributed by atoms with van der Waals surface area (Å²) >= 11 is 0. The minimum atomic E-state index is -1.14. The average Bonchev–Trinajstić information content (AvgIpc) is 3.70. The number of hydrogen-bond acceptors (Lipinski definition) is 4. The summed E-state index contributed by atoms with van der Waals surface area (Å²) < 4.78 is 6.20. The van der Waals surface area contributed by atoms with E-state index >= 15 is 0 Å². The normalized spacial score (nSPS) is 12.1. The van der Waals surface area contributed by atoms with E-state index in [1.165, 1.54) is 39.5 Å². The largest absolute Gasteiger partial charge is 0.478 e. The zero-order valence-corrected chi connectivity index (χ0v) is 35.5. The lowest BCUT2D eigenvalue weighted by Crippen LogP contribution is -2.10. The highest BCUT2D eigenvalue weighted by Gasteiger charge is 2.17. The number of nitrogens with one attached hydrogen (secondary N) is 1. The summed E-state index contributed by atoms with van der Waals surface area (Å²) in [6.45, 7) is 13.5. The topological polar surface area (TPSA) is 77.5 Å². The molecule has 1 heterocycles. The molecule has 8 rings (SSSR count). The summed E-state index contributed by atoms with van der Waals surface area (Å²) in [6.07, 6.45) is 2.30. The highest BCUT2D eigenvalue weighted by Crippen LogP contribution is 2.39. The van der Waals surface area contributed by atoms with Gasteiger partial charge in [0.2, 0.25) is 0 Å². The number of benzene rings is 7. The first-order chi connectivity index (χ1) is 29.2. The second-order valence-corrected chi connectivity index (χ2v) is 17.7. The van der Waals surface area contributed by atoms with Crippen molar-refractivity contribution in [3.8, 4) is 44.7 Å². The molecule has 7 aromatic carbocycles. The van der Waals surface area contributed by atoms with Gasteiger partial charge in [0.1, 0.15) is 11.3 Å². The fourth-order valence-electron chi connectivity index (χ4n) is 7.63. The van der Waals surface area contributed by atoms with E-state index in [1.807, 2.05) is 18.2 Å². The Balaban J connectivity index is 1.07. The Morgan fingerprint density at radius 1 is 0.508 bits per heavy atom. The van der Waals surface area contributed by atoms with E-state index in [2.05, 4.69) is 192 Å². The van der Waals surface area contributed by atoms with E-state index in [-0.39, 0.29) is 16.4 Å². The zero-order chi connectivity index (χ0) is 42.9. The Hall–Kier alpha value is -7.24. The number of aliphatic carboxylic acids is 1. The third-order valence-corrected chi connectivity index (χ3v) is 11.3. The van der Waals surface area contributed by atoms with Gasteiger partial charge in [-0.05, 0) is 116 Å². The first kappa shape index (κ1) is 40.5. The van der Waals surface area contributed by atoms with E-state index < -0.39 is 5.97 Å². The molecule has 0 aliphatic carbocycles. The van der Waals surface area contributed by atoms with Crippen LogP contribution in [0.2, 0.25) is 0 Å². The lowest BCUT2D eigenvalue weighted by molar-refractivity contribution is -0.131. The summed E-state index contributed by atoms with van der Waals surface area (Å²) in [5.41, 5.74) is 15.1. The van der Waals surface area contributed by atoms with Crippen molar-refractivity contribution < 1.29 is 14.3 Å². The molecule has 0 radical (unpaired) electrons. The van der Waals surface area contributed by atoms with Crippen LogP contribution in [0.25, 0.3) is 61.7 Å². The van der Waals surface area contributed by atoms with Crippen LogP contribution in [-0.4, -0.2) is 17.3 Å². The monoisotopic (exact) mass is 798 g/mol. The SMILES string of the molecule is CC(C)(C)c1ccc(-c2ccc(N(c3ccc(-c4ccc(-c5cc6ccc(/C=C(/C=N)C(=O)O)cc6o5)cc4)cc3)c3ccc(-c4ccc(C(C)(C)C)cc4)cc3)cc2)cc1. The zero-order valence-electron chi connectivity index (χ0n) is 35.5. The molecule has 61 heavy (non-hydrogen) atoms. The van der Waals surface area contributed by atoms with Gasteiger partial charge in [-0.25, -0.2) is 4.79 Å². The van der Waals surface area contributed by atoms with Crippen LogP contribution < -0.4 is 4.90 Å². The van der Waals surface area contributed by atoms with Gasteiger partial charge in [0, 0.05) is 34.2 Å². The molecule has 0 saturated carbocycles. The summed E-state index contributed by atoms with van der Waals surface area (Å²) in [5.74, 6) is -0.422. The van der Waals surface area contributed by atoms with Crippen molar-refractivity contribution in [1.29, 1.82) is 5.41 Å². The molecule has 0 bridgehead atoms. The fraction of sp³-hybridized carbons (Fsp3) is 0.143. The minimum absolute atomic E-state index is 0.0954. The lowest BCUT2D eigenvalue weighted by Gasteiger charge is -2.26. The highest BCUT2D eigenvalue weighted by atomic mass is 16.4. The first-order valence-corrected chi connectivity index (χ1v) is 20.7. The van der Waals surface area contributed by atoms with Gasteiger partial charge in [-0.3, -0.25) is 0 Å². The van der Waals surface area contributed by atoms with Gasteiger partial charge in [0.05, 0.1) is 5.57 Å². The molecular formula is C56H50N2O3. The molecule has 0 spiro atoms. The summed E-state index contributed by atoms with van der Waals surface area (Å²) in [5, 5.41) is 17.6. The fourth-order valence-corrected chi connectivity index (χ4v) is 7.63. The average molecular weight is 799 g/mol. The van der Waals surface area contributed by atoms with Crippen LogP contribution >= 0.6 is 0 Å². The van der Waals surface area contributed by atoms with Crippen molar-refractivity contribution in [3.63, 3.8) is 0 Å². The Morgan fingerprint density at radius 2 is 0.869 bits per heavy atom. The number of fused-ring (bicyclic) bond motifs is 1. The number of rotatable bonds is 10. The van der Waals surface area contributed by atoms with Crippen molar-refractivity contribution in [2.75, 3.05) is 4.90 Å². The van der Waals surface area contributed by atoms with Gasteiger partial charge in [-0.2, -0.15) is 0 Å². The van der Waals surface area contributed by atoms with Gasteiger partial charge < -0.3 is 19.8 Å². The number of carboxylic acids is 1. The first-order valence-electron chi connectivity index (χ1n) is 20.7. The van der Waals surface area contributed by atoms with E-state index in [4.69, 9.17) is 9.83 Å². The van der Waals surface area contributed by atoms with E-state index in [0.29, 0.717) is 11.1 Å². The van der Waals surface area contributed by atoms with Crippen molar-refractivity contribution in [2.24, 2.45) is 0 Å². The standard InChI is InChI=1S/C56H50N2O3/c1-55(2,3)47-23-13-39(14-24-47)42-19-29-50(30-20-42)58(51-31-21-43(22-32-51)40-15-25-48(26-16-40)56(4,5)6)49-27-17-41(18-28-49)38-9-11-44(12-10-38)53-35-45-8-7-37(34-52(45)61-53)33-46(36-57)54(59)60/h7-36,57H,1-6H3,(H,59,60)/b46-33-,57-36?. The third-order valence-electron chi connectivity index (χ3n) is 11.3. The second kappa shape index (κ2) is 16.4. The van der Waals surface area contributed by atoms with Crippen molar-refractivity contribution in [1.82, 2.24) is 0 Å². The number of anilines is 3. The van der Waals surface area contributed by atoms with Crippen LogP contribution in [0.15, 0.2) is 180 Å². The number of carbonyl (C=O) groups is 1. The summed E-state index contributed by atoms with van der Waals surface area (Å²) in [6, 6.07) is 60.0. The van der Waals surface area contributed by atoms with Crippen LogP contribution in [0.5, 0.6) is 0 Å². The van der Waals surface area contributed by atoms with Crippen molar-refractivity contribution >= 4 is 46.3 Å². The minimum Gasteiger partial charge on any atom is -0.478 e. The molecule has 0 aliphatic heterocycles. The summed E-state index contributed by atoms with van der Waals surface area (Å²) in [4.78, 5) is 13.7. The molecule has 5 nitrogen and oxygen atoms in total. The molecule has 0 atom stereocenters. The molecule has 8 aromatic rings. The maximum absolute atomic E-state index is 11.4. The highest BCUT2D eigenvalue weighted by molar-refractivity contribution is 6.12. The van der Waals surface area contributed by atoms with Crippen LogP contribution in [0.4, 0.5) is 17.1 Å². The molecule has 1 aromatic heterocycles. The molecule has 0 amide bonds. The second-order valence-electron chi connectivity index (χ2n) is 17.7. The lowest BCUT2D eigenvalue weighted by atomic mass is 9.86. The van der Waals surface area contributed by atoms with Crippen LogP contribution in [0, 0.1) is 5.41 Å². The Labute approximate surface area is 358 Å². The molecular weight excluding hydrogens is 749 g/mol.